The van der Waals surface area contributed by atoms with Crippen molar-refractivity contribution in [2.24, 2.45) is 21.7 Å². The first kappa shape index (κ1) is 14.3. The number of carboxylic acids is 1. The zero-order valence-corrected chi connectivity index (χ0v) is 10.2. The molecule has 0 atom stereocenters. The molecule has 0 amide bonds. The van der Waals surface area contributed by atoms with Crippen LogP contribution in [0.2, 0.25) is 0 Å². The topological polar surface area (TPSA) is 133 Å². The smallest absolute Gasteiger partial charge is 0.341 e. The zero-order valence-electron chi connectivity index (χ0n) is 10.2. The van der Waals surface area contributed by atoms with Crippen molar-refractivity contribution >= 4 is 18.1 Å². The molecular formula is C11H14N4O4. The lowest BCUT2D eigenvalue weighted by molar-refractivity contribution is -0.139. The number of benzene rings is 1. The number of guanidine groups is 1. The minimum absolute atomic E-state index is 0.160. The molecule has 8 heteroatoms. The van der Waals surface area contributed by atoms with Crippen LogP contribution >= 0.6 is 0 Å². The van der Waals surface area contributed by atoms with Gasteiger partial charge < -0.3 is 26.0 Å². The van der Waals surface area contributed by atoms with Crippen LogP contribution < -0.4 is 20.9 Å². The predicted octanol–water partition coefficient (Wildman–Crippen LogP) is -0.234. The highest BCUT2D eigenvalue weighted by atomic mass is 16.5. The summed E-state index contributed by atoms with van der Waals surface area (Å²) in [4.78, 5) is 10.5. The Hall–Kier alpha value is -2.77. The summed E-state index contributed by atoms with van der Waals surface area (Å²) in [7, 11) is 1.45. The molecule has 5 N–H and O–H groups in total. The van der Waals surface area contributed by atoms with Gasteiger partial charge in [0.05, 0.1) is 13.3 Å². The van der Waals surface area contributed by atoms with Gasteiger partial charge in [0, 0.05) is 0 Å². The molecule has 0 fully saturated rings. The van der Waals surface area contributed by atoms with Crippen LogP contribution in [0.3, 0.4) is 0 Å². The highest BCUT2D eigenvalue weighted by Gasteiger charge is 2.07. The van der Waals surface area contributed by atoms with Crippen LogP contribution in [-0.2, 0) is 4.79 Å². The summed E-state index contributed by atoms with van der Waals surface area (Å²) in [5.74, 6) is -0.535. The molecule has 102 valence electrons. The predicted molar refractivity (Wildman–Crippen MR) is 69.5 cm³/mol. The van der Waals surface area contributed by atoms with Crippen molar-refractivity contribution in [1.82, 2.24) is 0 Å². The van der Waals surface area contributed by atoms with Crippen molar-refractivity contribution in [1.29, 1.82) is 0 Å². The Balaban J connectivity index is 2.91. The summed E-state index contributed by atoms with van der Waals surface area (Å²) < 4.78 is 10.1. The summed E-state index contributed by atoms with van der Waals surface area (Å²) in [5.41, 5.74) is 10.9. The molecule has 1 aromatic carbocycles. The highest BCUT2D eigenvalue weighted by molar-refractivity contribution is 5.82. The molecule has 0 heterocycles. The van der Waals surface area contributed by atoms with Crippen molar-refractivity contribution in [3.63, 3.8) is 0 Å². The first-order chi connectivity index (χ1) is 9.02. The molecule has 0 radical (unpaired) electrons. The number of nitrogens with two attached hydrogens (primary N) is 2. The second kappa shape index (κ2) is 6.84. The second-order valence-corrected chi connectivity index (χ2v) is 3.36. The molecule has 1 rings (SSSR count). The Kier molecular flexibility index (Phi) is 5.15. The summed E-state index contributed by atoms with van der Waals surface area (Å²) in [6.45, 7) is -0.467. The lowest BCUT2D eigenvalue weighted by Gasteiger charge is -2.09. The molecule has 8 nitrogen and oxygen atoms in total. The van der Waals surface area contributed by atoms with Crippen molar-refractivity contribution in [3.05, 3.63) is 23.8 Å². The minimum atomic E-state index is -1.08. The number of hydrogen-bond acceptors (Lipinski definition) is 5. The van der Waals surface area contributed by atoms with E-state index in [0.29, 0.717) is 17.1 Å². The number of ether oxygens (including phenoxy) is 2. The first-order valence-corrected chi connectivity index (χ1v) is 5.17. The SMILES string of the molecule is COc1ccc(C=NN=C(N)N)cc1OCC(=O)O. The normalized spacial score (nSPS) is 10.2. The Morgan fingerprint density at radius 3 is 2.74 bits per heavy atom. The van der Waals surface area contributed by atoms with E-state index in [-0.39, 0.29) is 5.96 Å². The monoisotopic (exact) mass is 266 g/mol. The molecule has 0 aromatic heterocycles. The van der Waals surface area contributed by atoms with Gasteiger partial charge in [-0.2, -0.15) is 5.10 Å². The molecule has 1 aromatic rings. The van der Waals surface area contributed by atoms with E-state index in [0.717, 1.165) is 0 Å². The second-order valence-electron chi connectivity index (χ2n) is 3.36. The van der Waals surface area contributed by atoms with Crippen molar-refractivity contribution in [2.75, 3.05) is 13.7 Å². The average molecular weight is 266 g/mol. The third kappa shape index (κ3) is 4.94. The van der Waals surface area contributed by atoms with Crippen LogP contribution in [0, 0.1) is 0 Å². The molecule has 0 aliphatic rings. The van der Waals surface area contributed by atoms with Gasteiger partial charge in [-0.05, 0) is 23.8 Å². The van der Waals surface area contributed by atoms with Crippen LogP contribution in [0.5, 0.6) is 11.5 Å². The summed E-state index contributed by atoms with van der Waals surface area (Å²) in [6, 6.07) is 4.87. The Labute approximate surface area is 109 Å². The number of hydrogen-bond donors (Lipinski definition) is 3. The fourth-order valence-corrected chi connectivity index (χ4v) is 1.19. The highest BCUT2D eigenvalue weighted by Crippen LogP contribution is 2.27. The summed E-state index contributed by atoms with van der Waals surface area (Å²) in [6.07, 6.45) is 1.40. The minimum Gasteiger partial charge on any atom is -0.493 e. The molecule has 0 spiro atoms. The first-order valence-electron chi connectivity index (χ1n) is 5.17. The number of methoxy groups -OCH3 is 1. The molecule has 0 aliphatic carbocycles. The van der Waals surface area contributed by atoms with E-state index in [9.17, 15) is 4.79 Å². The average Bonchev–Trinajstić information content (AvgIpc) is 2.36. The molecule has 0 unspecified atom stereocenters. The van der Waals surface area contributed by atoms with Crippen molar-refractivity contribution < 1.29 is 19.4 Å². The van der Waals surface area contributed by atoms with Gasteiger partial charge in [0.2, 0.25) is 5.96 Å². The quantitative estimate of drug-likeness (QED) is 0.370. The van der Waals surface area contributed by atoms with E-state index >= 15 is 0 Å². The maximum Gasteiger partial charge on any atom is 0.341 e. The van der Waals surface area contributed by atoms with Gasteiger partial charge in [-0.15, -0.1) is 5.10 Å². The molecule has 0 saturated heterocycles. The number of aliphatic carboxylic acids is 1. The van der Waals surface area contributed by atoms with Gasteiger partial charge in [-0.1, -0.05) is 0 Å². The molecule has 0 aliphatic heterocycles. The van der Waals surface area contributed by atoms with E-state index in [2.05, 4.69) is 10.2 Å². The standard InChI is InChI=1S/C11H14N4O4/c1-18-8-3-2-7(5-14-15-11(12)13)4-9(8)19-6-10(16)17/h2-5H,6H2,1H3,(H,16,17)(H4,12,13,15). The Morgan fingerprint density at radius 1 is 1.42 bits per heavy atom. The van der Waals surface area contributed by atoms with Crippen LogP contribution in [0.15, 0.2) is 28.4 Å². The van der Waals surface area contributed by atoms with Crippen LogP contribution in [0.4, 0.5) is 0 Å². The van der Waals surface area contributed by atoms with E-state index in [1.165, 1.54) is 13.3 Å². The Bertz CT molecular complexity index is 509. The summed E-state index contributed by atoms with van der Waals surface area (Å²) >= 11 is 0. The van der Waals surface area contributed by atoms with Crippen molar-refractivity contribution in [3.8, 4) is 11.5 Å². The summed E-state index contributed by atoms with van der Waals surface area (Å²) in [5, 5.41) is 15.6. The van der Waals surface area contributed by atoms with Crippen LogP contribution in [0.25, 0.3) is 0 Å². The lowest BCUT2D eigenvalue weighted by Crippen LogP contribution is -2.21. The maximum atomic E-state index is 10.5. The number of nitrogens with zero attached hydrogens (tertiary/aromatic N) is 2. The number of carboxylic acid groups (broad SMARTS) is 1. The van der Waals surface area contributed by atoms with E-state index < -0.39 is 12.6 Å². The van der Waals surface area contributed by atoms with Gasteiger partial charge >= 0.3 is 5.97 Å². The zero-order chi connectivity index (χ0) is 14.3. The van der Waals surface area contributed by atoms with Crippen LogP contribution in [-0.4, -0.2) is 37.0 Å². The molecule has 0 saturated carbocycles. The van der Waals surface area contributed by atoms with Gasteiger partial charge in [-0.25, -0.2) is 4.79 Å². The Morgan fingerprint density at radius 2 is 2.16 bits per heavy atom. The van der Waals surface area contributed by atoms with Gasteiger partial charge in [0.25, 0.3) is 0 Å². The van der Waals surface area contributed by atoms with Crippen molar-refractivity contribution in [2.45, 2.75) is 0 Å². The maximum absolute atomic E-state index is 10.5. The van der Waals surface area contributed by atoms with Crippen LogP contribution in [0.1, 0.15) is 5.56 Å². The molecule has 19 heavy (non-hydrogen) atoms. The third-order valence-corrected chi connectivity index (χ3v) is 1.92. The van der Waals surface area contributed by atoms with Gasteiger partial charge in [0.1, 0.15) is 0 Å². The molecule has 0 bridgehead atoms. The lowest BCUT2D eigenvalue weighted by atomic mass is 10.2. The largest absolute Gasteiger partial charge is 0.493 e. The van der Waals surface area contributed by atoms with Gasteiger partial charge in [-0.3, -0.25) is 0 Å². The van der Waals surface area contributed by atoms with E-state index in [1.54, 1.807) is 18.2 Å². The fraction of sp³-hybridized carbons (Fsp3) is 0.182. The van der Waals surface area contributed by atoms with E-state index in [1.807, 2.05) is 0 Å². The van der Waals surface area contributed by atoms with Gasteiger partial charge in [0.15, 0.2) is 18.1 Å². The third-order valence-electron chi connectivity index (χ3n) is 1.92. The number of rotatable bonds is 6. The molecular weight excluding hydrogens is 252 g/mol. The number of carbonyl (C=O) groups is 1. The fourth-order valence-electron chi connectivity index (χ4n) is 1.19. The van der Waals surface area contributed by atoms with E-state index in [4.69, 9.17) is 26.0 Å².